The number of nitrogens with one attached hydrogen (secondary N) is 2. The Morgan fingerprint density at radius 3 is 2.20 bits per heavy atom. The molecule has 3 N–H and O–H groups in total. The van der Waals surface area contributed by atoms with Gasteiger partial charge in [-0.3, -0.25) is 9.59 Å². The zero-order valence-electron chi connectivity index (χ0n) is 16.9. The first-order chi connectivity index (χ1) is 14.5. The number of aliphatic carboxylic acids is 1. The van der Waals surface area contributed by atoms with Gasteiger partial charge in [0.25, 0.3) is 0 Å². The highest BCUT2D eigenvalue weighted by Gasteiger charge is 2.29. The van der Waals surface area contributed by atoms with Crippen LogP contribution in [0, 0.1) is 0 Å². The molecule has 0 aromatic heterocycles. The van der Waals surface area contributed by atoms with Gasteiger partial charge in [-0.1, -0.05) is 55.5 Å². The molecule has 30 heavy (non-hydrogen) atoms. The van der Waals surface area contributed by atoms with E-state index in [1.165, 1.54) is 0 Å². The standard InChI is InChI=1S/C23H26N2O5/c1-2-13-24-22(28)20(11-12-21(26)27)25-23(29)30-14-19-17-9-5-3-7-15(17)16-8-4-6-10-18(16)19/h3-10,19-20H,2,11-14H2,1H3,(H,24,28)(H,25,29)(H,26,27). The second-order valence-corrected chi connectivity index (χ2v) is 7.25. The third-order valence-electron chi connectivity index (χ3n) is 5.15. The van der Waals surface area contributed by atoms with Gasteiger partial charge in [0.15, 0.2) is 0 Å². The van der Waals surface area contributed by atoms with E-state index in [1.54, 1.807) is 0 Å². The number of alkyl carbamates (subject to hydrolysis) is 1. The quantitative estimate of drug-likeness (QED) is 0.588. The van der Waals surface area contributed by atoms with Crippen molar-refractivity contribution in [3.8, 4) is 11.1 Å². The van der Waals surface area contributed by atoms with E-state index in [0.717, 1.165) is 28.7 Å². The Bertz CT molecular complexity index is 882. The highest BCUT2D eigenvalue weighted by molar-refractivity contribution is 5.86. The highest BCUT2D eigenvalue weighted by Crippen LogP contribution is 2.44. The number of carbonyl (C=O) groups excluding carboxylic acids is 2. The molecule has 0 fully saturated rings. The number of fused-ring (bicyclic) bond motifs is 3. The van der Waals surface area contributed by atoms with E-state index >= 15 is 0 Å². The molecule has 1 aliphatic carbocycles. The molecule has 1 atom stereocenters. The molecule has 0 saturated heterocycles. The van der Waals surface area contributed by atoms with Crippen molar-refractivity contribution in [3.63, 3.8) is 0 Å². The number of rotatable bonds is 9. The van der Waals surface area contributed by atoms with Crippen LogP contribution < -0.4 is 10.6 Å². The Hall–Kier alpha value is -3.35. The minimum atomic E-state index is -1.03. The average molecular weight is 410 g/mol. The Kier molecular flexibility index (Phi) is 7.06. The van der Waals surface area contributed by atoms with Crippen molar-refractivity contribution >= 4 is 18.0 Å². The number of carboxylic acids is 1. The fourth-order valence-corrected chi connectivity index (χ4v) is 3.69. The molecule has 0 saturated carbocycles. The topological polar surface area (TPSA) is 105 Å². The lowest BCUT2D eigenvalue weighted by Gasteiger charge is -2.19. The van der Waals surface area contributed by atoms with Gasteiger partial charge in [0.05, 0.1) is 0 Å². The number of carbonyl (C=O) groups is 3. The van der Waals surface area contributed by atoms with Gasteiger partial charge in [-0.15, -0.1) is 0 Å². The molecule has 158 valence electrons. The minimum absolute atomic E-state index is 0.00488. The molecular weight excluding hydrogens is 384 g/mol. The van der Waals surface area contributed by atoms with Crippen LogP contribution in [0.5, 0.6) is 0 Å². The molecule has 0 spiro atoms. The Balaban J connectivity index is 1.65. The number of benzene rings is 2. The van der Waals surface area contributed by atoms with Crippen molar-refractivity contribution in [2.75, 3.05) is 13.2 Å². The van der Waals surface area contributed by atoms with Crippen LogP contribution in [0.3, 0.4) is 0 Å². The number of ether oxygens (including phenoxy) is 1. The van der Waals surface area contributed by atoms with E-state index in [9.17, 15) is 14.4 Å². The molecule has 0 bridgehead atoms. The second-order valence-electron chi connectivity index (χ2n) is 7.25. The van der Waals surface area contributed by atoms with Crippen LogP contribution in [0.4, 0.5) is 4.79 Å². The molecule has 0 radical (unpaired) electrons. The summed E-state index contributed by atoms with van der Waals surface area (Å²) in [6, 6.07) is 15.1. The Morgan fingerprint density at radius 1 is 1.03 bits per heavy atom. The molecule has 2 aromatic carbocycles. The molecule has 0 heterocycles. The van der Waals surface area contributed by atoms with Crippen molar-refractivity contribution < 1.29 is 24.2 Å². The lowest BCUT2D eigenvalue weighted by atomic mass is 9.98. The maximum Gasteiger partial charge on any atom is 0.407 e. The van der Waals surface area contributed by atoms with Gasteiger partial charge in [-0.2, -0.15) is 0 Å². The maximum absolute atomic E-state index is 12.4. The Morgan fingerprint density at radius 2 is 1.63 bits per heavy atom. The molecule has 7 heteroatoms. The molecule has 2 aromatic rings. The van der Waals surface area contributed by atoms with E-state index in [0.29, 0.717) is 6.54 Å². The van der Waals surface area contributed by atoms with Crippen LogP contribution in [-0.4, -0.2) is 42.3 Å². The first kappa shape index (κ1) is 21.4. The van der Waals surface area contributed by atoms with Gasteiger partial charge >= 0.3 is 12.1 Å². The summed E-state index contributed by atoms with van der Waals surface area (Å²) in [5.74, 6) is -1.53. The van der Waals surface area contributed by atoms with E-state index in [1.807, 2.05) is 55.5 Å². The van der Waals surface area contributed by atoms with E-state index in [4.69, 9.17) is 9.84 Å². The molecule has 2 amide bonds. The lowest BCUT2D eigenvalue weighted by molar-refractivity contribution is -0.137. The fourth-order valence-electron chi connectivity index (χ4n) is 3.69. The second kappa shape index (κ2) is 9.91. The number of hydrogen-bond donors (Lipinski definition) is 3. The number of hydrogen-bond acceptors (Lipinski definition) is 4. The van der Waals surface area contributed by atoms with Crippen LogP contribution in [0.15, 0.2) is 48.5 Å². The summed E-state index contributed by atoms with van der Waals surface area (Å²) in [5.41, 5.74) is 4.44. The van der Waals surface area contributed by atoms with Gasteiger partial charge in [0.2, 0.25) is 5.91 Å². The monoisotopic (exact) mass is 410 g/mol. The lowest BCUT2D eigenvalue weighted by Crippen LogP contribution is -2.47. The number of amides is 2. The highest BCUT2D eigenvalue weighted by atomic mass is 16.5. The summed E-state index contributed by atoms with van der Waals surface area (Å²) < 4.78 is 5.45. The van der Waals surface area contributed by atoms with Crippen LogP contribution in [0.1, 0.15) is 43.2 Å². The smallest absolute Gasteiger partial charge is 0.407 e. The van der Waals surface area contributed by atoms with Crippen LogP contribution >= 0.6 is 0 Å². The predicted molar refractivity (Wildman–Crippen MR) is 112 cm³/mol. The summed E-state index contributed by atoms with van der Waals surface area (Å²) in [6.45, 7) is 2.49. The average Bonchev–Trinajstić information content (AvgIpc) is 3.07. The third-order valence-corrected chi connectivity index (χ3v) is 5.15. The van der Waals surface area contributed by atoms with Crippen LogP contribution in [-0.2, 0) is 14.3 Å². The van der Waals surface area contributed by atoms with Crippen molar-refractivity contribution in [1.29, 1.82) is 0 Å². The zero-order valence-corrected chi connectivity index (χ0v) is 16.9. The SMILES string of the molecule is CCCNC(=O)C(CCC(=O)O)NC(=O)OCC1c2ccccc2-c2ccccc21. The molecule has 1 unspecified atom stereocenters. The third kappa shape index (κ3) is 4.97. The normalized spacial score (nSPS) is 13.1. The molecule has 7 nitrogen and oxygen atoms in total. The largest absolute Gasteiger partial charge is 0.481 e. The maximum atomic E-state index is 12.4. The van der Waals surface area contributed by atoms with Crippen LogP contribution in [0.25, 0.3) is 11.1 Å². The summed E-state index contributed by atoms with van der Waals surface area (Å²) in [5, 5.41) is 14.1. The molecular formula is C23H26N2O5. The summed E-state index contributed by atoms with van der Waals surface area (Å²) in [4.78, 5) is 35.5. The van der Waals surface area contributed by atoms with Crippen molar-refractivity contribution in [2.24, 2.45) is 0 Å². The van der Waals surface area contributed by atoms with E-state index in [-0.39, 0.29) is 25.4 Å². The first-order valence-electron chi connectivity index (χ1n) is 10.1. The first-order valence-corrected chi connectivity index (χ1v) is 10.1. The van der Waals surface area contributed by atoms with Crippen molar-refractivity contribution in [2.45, 2.75) is 38.1 Å². The van der Waals surface area contributed by atoms with E-state index < -0.39 is 24.0 Å². The minimum Gasteiger partial charge on any atom is -0.481 e. The Labute approximate surface area is 175 Å². The van der Waals surface area contributed by atoms with Gasteiger partial charge in [0.1, 0.15) is 12.6 Å². The van der Waals surface area contributed by atoms with E-state index in [2.05, 4.69) is 10.6 Å². The van der Waals surface area contributed by atoms with Gasteiger partial charge in [-0.05, 0) is 35.1 Å². The molecule has 3 rings (SSSR count). The van der Waals surface area contributed by atoms with Crippen molar-refractivity contribution in [3.05, 3.63) is 59.7 Å². The summed E-state index contributed by atoms with van der Waals surface area (Å²) in [6.07, 6.45) is -0.232. The summed E-state index contributed by atoms with van der Waals surface area (Å²) >= 11 is 0. The van der Waals surface area contributed by atoms with Gasteiger partial charge < -0.3 is 20.5 Å². The van der Waals surface area contributed by atoms with Gasteiger partial charge in [-0.25, -0.2) is 4.79 Å². The van der Waals surface area contributed by atoms with Crippen molar-refractivity contribution in [1.82, 2.24) is 10.6 Å². The summed E-state index contributed by atoms with van der Waals surface area (Å²) in [7, 11) is 0. The van der Waals surface area contributed by atoms with Gasteiger partial charge in [0, 0.05) is 18.9 Å². The van der Waals surface area contributed by atoms with Crippen LogP contribution in [0.2, 0.25) is 0 Å². The zero-order chi connectivity index (χ0) is 21.5. The molecule has 0 aliphatic heterocycles. The predicted octanol–water partition coefficient (Wildman–Crippen LogP) is 3.28. The number of carboxylic acid groups (broad SMARTS) is 1. The molecule has 1 aliphatic rings. The fraction of sp³-hybridized carbons (Fsp3) is 0.348.